The summed E-state index contributed by atoms with van der Waals surface area (Å²) < 4.78 is 13.8. The van der Waals surface area contributed by atoms with Crippen molar-refractivity contribution < 1.29 is 9.00 Å². The molecule has 1 amide bonds. The molecule has 1 aliphatic rings. The average Bonchev–Trinajstić information content (AvgIpc) is 3.36. The zero-order chi connectivity index (χ0) is 18.6. The van der Waals surface area contributed by atoms with Gasteiger partial charge in [-0.15, -0.1) is 0 Å². The molecule has 4 rings (SSSR count). The molecule has 5 heteroatoms. The Hall–Kier alpha value is -2.92. The van der Waals surface area contributed by atoms with Crippen LogP contribution in [0.5, 0.6) is 0 Å². The number of anilines is 1. The molecule has 0 bridgehead atoms. The van der Waals surface area contributed by atoms with Crippen molar-refractivity contribution in [1.29, 1.82) is 0 Å². The number of carbonyl (C=O) groups excluding carboxylic acids is 1. The molecule has 2 unspecified atom stereocenters. The number of hydrogen-bond acceptors (Lipinski definition) is 2. The highest BCUT2D eigenvalue weighted by Crippen LogP contribution is 2.23. The van der Waals surface area contributed by atoms with E-state index in [0.717, 1.165) is 16.9 Å². The highest BCUT2D eigenvalue weighted by atomic mass is 32.2. The summed E-state index contributed by atoms with van der Waals surface area (Å²) in [5, 5.41) is 1.68. The summed E-state index contributed by atoms with van der Waals surface area (Å²) in [6.45, 7) is 0. The quantitative estimate of drug-likeness (QED) is 0.681. The van der Waals surface area contributed by atoms with Gasteiger partial charge >= 0.3 is 0 Å². The Morgan fingerprint density at radius 1 is 1.00 bits per heavy atom. The highest BCUT2D eigenvalue weighted by molar-refractivity contribution is 7.88. The normalized spacial score (nSPS) is 18.5. The number of benzene rings is 2. The second kappa shape index (κ2) is 7.76. The molecule has 0 radical (unpaired) electrons. The van der Waals surface area contributed by atoms with Gasteiger partial charge in [-0.2, -0.15) is 0 Å². The van der Waals surface area contributed by atoms with Crippen LogP contribution in [0.4, 0.5) is 5.69 Å². The molecular formula is C22H20N2O2S. The number of rotatable bonds is 5. The lowest BCUT2D eigenvalue weighted by Gasteiger charge is -2.28. The predicted molar refractivity (Wildman–Crippen MR) is 109 cm³/mol. The molecule has 0 spiro atoms. The van der Waals surface area contributed by atoms with Crippen molar-refractivity contribution in [2.75, 3.05) is 10.7 Å². The third-order valence-electron chi connectivity index (χ3n) is 4.62. The van der Waals surface area contributed by atoms with Gasteiger partial charge in [-0.1, -0.05) is 36.4 Å². The smallest absolute Gasteiger partial charge is 0.231 e. The molecule has 136 valence electrons. The van der Waals surface area contributed by atoms with E-state index in [1.54, 1.807) is 10.3 Å². The Morgan fingerprint density at radius 3 is 2.33 bits per heavy atom. The molecule has 0 saturated heterocycles. The second-order valence-corrected chi connectivity index (χ2v) is 7.84. The Labute approximate surface area is 161 Å². The van der Waals surface area contributed by atoms with E-state index in [1.165, 1.54) is 0 Å². The van der Waals surface area contributed by atoms with Crippen molar-refractivity contribution in [3.8, 4) is 5.69 Å². The van der Waals surface area contributed by atoms with Crippen molar-refractivity contribution in [3.63, 3.8) is 0 Å². The molecule has 2 aromatic carbocycles. The van der Waals surface area contributed by atoms with Crippen LogP contribution in [0.3, 0.4) is 0 Å². The van der Waals surface area contributed by atoms with Crippen molar-refractivity contribution in [2.24, 2.45) is 0 Å². The molecule has 0 saturated carbocycles. The van der Waals surface area contributed by atoms with Crippen LogP contribution in [-0.4, -0.2) is 26.5 Å². The van der Waals surface area contributed by atoms with E-state index in [2.05, 4.69) is 0 Å². The molecule has 0 N–H and O–H groups in total. The van der Waals surface area contributed by atoms with Crippen LogP contribution in [0.15, 0.2) is 90.6 Å². The van der Waals surface area contributed by atoms with E-state index in [-0.39, 0.29) is 11.9 Å². The van der Waals surface area contributed by atoms with Gasteiger partial charge in [0.1, 0.15) is 0 Å². The first-order valence-corrected chi connectivity index (χ1v) is 10.2. The monoisotopic (exact) mass is 376 g/mol. The SMILES string of the molecule is O=C(Cc1ccc(-n2cccc2)cc1)N(c1ccccc1)C1C=CS(=O)C1. The molecule has 3 aromatic rings. The van der Waals surface area contributed by atoms with Gasteiger partial charge in [0.25, 0.3) is 0 Å². The topological polar surface area (TPSA) is 42.3 Å². The molecule has 27 heavy (non-hydrogen) atoms. The maximum atomic E-state index is 13.1. The molecule has 1 aliphatic heterocycles. The number of hydrogen-bond donors (Lipinski definition) is 0. The number of para-hydroxylation sites is 1. The van der Waals surface area contributed by atoms with E-state index >= 15 is 0 Å². The van der Waals surface area contributed by atoms with Gasteiger partial charge in [0.05, 0.1) is 18.2 Å². The van der Waals surface area contributed by atoms with Crippen LogP contribution < -0.4 is 4.90 Å². The van der Waals surface area contributed by atoms with Crippen LogP contribution in [0.25, 0.3) is 5.69 Å². The van der Waals surface area contributed by atoms with Gasteiger partial charge < -0.3 is 9.47 Å². The van der Waals surface area contributed by atoms with Gasteiger partial charge in [0.15, 0.2) is 0 Å². The zero-order valence-corrected chi connectivity index (χ0v) is 15.6. The minimum atomic E-state index is -1.01. The standard InChI is InChI=1S/C22H20N2O2S/c25-22(16-18-8-10-19(11-9-18)23-13-4-5-14-23)24(20-6-2-1-3-7-20)21-12-15-27(26)17-21/h1-15,21H,16-17H2. The third kappa shape index (κ3) is 3.93. The fourth-order valence-corrected chi connectivity index (χ4v) is 4.34. The molecular weight excluding hydrogens is 356 g/mol. The first-order valence-electron chi connectivity index (χ1n) is 8.85. The Kier molecular flexibility index (Phi) is 5.03. The first-order chi connectivity index (χ1) is 13.2. The molecule has 4 nitrogen and oxygen atoms in total. The van der Waals surface area contributed by atoms with Gasteiger partial charge in [-0.3, -0.25) is 9.00 Å². The largest absolute Gasteiger partial charge is 0.324 e. The minimum absolute atomic E-state index is 0.00321. The third-order valence-corrected chi connectivity index (χ3v) is 5.75. The average molecular weight is 376 g/mol. The van der Waals surface area contributed by atoms with Gasteiger partial charge in [-0.25, -0.2) is 0 Å². The van der Waals surface area contributed by atoms with Crippen LogP contribution in [-0.2, 0) is 22.0 Å². The maximum Gasteiger partial charge on any atom is 0.231 e. The summed E-state index contributed by atoms with van der Waals surface area (Å²) >= 11 is 0. The van der Waals surface area contributed by atoms with Crippen molar-refractivity contribution in [1.82, 2.24) is 4.57 Å². The number of amides is 1. The molecule has 2 atom stereocenters. The summed E-state index contributed by atoms with van der Waals surface area (Å²) in [4.78, 5) is 14.9. The predicted octanol–water partition coefficient (Wildman–Crippen LogP) is 3.70. The highest BCUT2D eigenvalue weighted by Gasteiger charge is 2.27. The molecule has 0 fully saturated rings. The van der Waals surface area contributed by atoms with Crippen molar-refractivity contribution >= 4 is 22.4 Å². The van der Waals surface area contributed by atoms with Gasteiger partial charge in [0.2, 0.25) is 5.91 Å². The zero-order valence-electron chi connectivity index (χ0n) is 14.8. The fraction of sp³-hybridized carbons (Fsp3) is 0.136. The van der Waals surface area contributed by atoms with Crippen molar-refractivity contribution in [3.05, 3.63) is 96.2 Å². The number of carbonyl (C=O) groups is 1. The lowest BCUT2D eigenvalue weighted by atomic mass is 10.1. The number of nitrogens with zero attached hydrogens (tertiary/aromatic N) is 2. The van der Waals surface area contributed by atoms with Crippen LogP contribution in [0.2, 0.25) is 0 Å². The van der Waals surface area contributed by atoms with Crippen LogP contribution in [0, 0.1) is 0 Å². The van der Waals surface area contributed by atoms with Crippen molar-refractivity contribution in [2.45, 2.75) is 12.5 Å². The summed E-state index contributed by atoms with van der Waals surface area (Å²) in [6.07, 6.45) is 6.15. The Morgan fingerprint density at radius 2 is 1.70 bits per heavy atom. The van der Waals surface area contributed by atoms with Gasteiger partial charge in [0, 0.05) is 40.0 Å². The van der Waals surface area contributed by atoms with E-state index < -0.39 is 10.8 Å². The first kappa shape index (κ1) is 17.5. The van der Waals surface area contributed by atoms with E-state index in [4.69, 9.17) is 0 Å². The second-order valence-electron chi connectivity index (χ2n) is 6.48. The van der Waals surface area contributed by atoms with E-state index in [1.807, 2.05) is 89.8 Å². The summed E-state index contributed by atoms with van der Waals surface area (Å²) in [5.41, 5.74) is 2.85. The lowest BCUT2D eigenvalue weighted by molar-refractivity contribution is -0.118. The molecule has 0 aliphatic carbocycles. The summed E-state index contributed by atoms with van der Waals surface area (Å²) in [6, 6.07) is 21.4. The summed E-state index contributed by atoms with van der Waals surface area (Å²) in [7, 11) is -1.01. The Bertz CT molecular complexity index is 963. The van der Waals surface area contributed by atoms with Crippen LogP contribution in [0.1, 0.15) is 5.56 Å². The minimum Gasteiger partial charge on any atom is -0.324 e. The lowest BCUT2D eigenvalue weighted by Crippen LogP contribution is -2.41. The van der Waals surface area contributed by atoms with E-state index in [0.29, 0.717) is 12.2 Å². The summed E-state index contributed by atoms with van der Waals surface area (Å²) in [5.74, 6) is 0.455. The molecule has 1 aromatic heterocycles. The Balaban J connectivity index is 1.55. The maximum absolute atomic E-state index is 13.1. The molecule has 2 heterocycles. The van der Waals surface area contributed by atoms with Crippen LogP contribution >= 0.6 is 0 Å². The van der Waals surface area contributed by atoms with E-state index in [9.17, 15) is 9.00 Å². The van der Waals surface area contributed by atoms with Gasteiger partial charge in [-0.05, 0) is 42.0 Å². The number of aromatic nitrogens is 1. The fourth-order valence-electron chi connectivity index (χ4n) is 3.28.